The van der Waals surface area contributed by atoms with Crippen LogP contribution in [0.15, 0.2) is 18.2 Å². The molecule has 0 bridgehead atoms. The molecule has 148 valence electrons. The minimum Gasteiger partial charge on any atom is -0.507 e. The summed E-state index contributed by atoms with van der Waals surface area (Å²) in [6.45, 7) is 1.51. The molecule has 0 aliphatic carbocycles. The molecule has 0 unspecified atom stereocenters. The highest BCUT2D eigenvalue weighted by atomic mass is 35.5. The number of carbonyl (C=O) groups is 2. The standard InChI is InChI=1S/C18H21ClO8/c1-8-4-9(20)2-3-12(22)13(23)6-10(21)5-11-16(18(26)27-8)14(24)7-15(25)17(11)19/h2-3,7-9,12-13,20,22-25H,4-6H2,1H3/t8-,9-,12+,13-/m1/s1. The molecule has 8 nitrogen and oxygen atoms in total. The maximum absolute atomic E-state index is 12.5. The summed E-state index contributed by atoms with van der Waals surface area (Å²) in [7, 11) is 0. The lowest BCUT2D eigenvalue weighted by Gasteiger charge is -2.20. The van der Waals surface area contributed by atoms with Crippen LogP contribution in [-0.4, -0.2) is 61.7 Å². The summed E-state index contributed by atoms with van der Waals surface area (Å²) < 4.78 is 5.19. The molecule has 27 heavy (non-hydrogen) atoms. The van der Waals surface area contributed by atoms with Crippen LogP contribution in [0.2, 0.25) is 5.02 Å². The van der Waals surface area contributed by atoms with E-state index in [2.05, 4.69) is 0 Å². The summed E-state index contributed by atoms with van der Waals surface area (Å²) in [6.07, 6.45) is -3.27. The van der Waals surface area contributed by atoms with Gasteiger partial charge in [0, 0.05) is 30.9 Å². The minimum atomic E-state index is -1.44. The van der Waals surface area contributed by atoms with Crippen molar-refractivity contribution in [1.82, 2.24) is 0 Å². The highest BCUT2D eigenvalue weighted by molar-refractivity contribution is 6.33. The zero-order chi connectivity index (χ0) is 20.3. The van der Waals surface area contributed by atoms with Crippen LogP contribution < -0.4 is 0 Å². The molecule has 0 radical (unpaired) electrons. The Morgan fingerprint density at radius 2 is 1.78 bits per heavy atom. The lowest BCUT2D eigenvalue weighted by atomic mass is 9.96. The summed E-state index contributed by atoms with van der Waals surface area (Å²) in [5.74, 6) is -2.72. The average molecular weight is 401 g/mol. The number of ketones is 1. The molecule has 0 saturated carbocycles. The number of cyclic esters (lactones) is 1. The largest absolute Gasteiger partial charge is 0.507 e. The second-order valence-electron chi connectivity index (χ2n) is 6.46. The second kappa shape index (κ2) is 8.71. The molecule has 1 heterocycles. The van der Waals surface area contributed by atoms with Crippen LogP contribution in [0.25, 0.3) is 0 Å². The number of hydrogen-bond donors (Lipinski definition) is 5. The number of carbonyl (C=O) groups excluding carboxylic acids is 2. The van der Waals surface area contributed by atoms with Gasteiger partial charge in [0.25, 0.3) is 0 Å². The zero-order valence-electron chi connectivity index (χ0n) is 14.5. The number of Topliss-reactive ketones (excluding diaryl/α,β-unsaturated/α-hetero) is 1. The molecule has 4 atom stereocenters. The molecule has 1 aromatic rings. The van der Waals surface area contributed by atoms with Crippen LogP contribution in [0.5, 0.6) is 11.5 Å². The number of esters is 1. The Bertz CT molecular complexity index is 760. The van der Waals surface area contributed by atoms with E-state index in [0.29, 0.717) is 0 Å². The van der Waals surface area contributed by atoms with Crippen molar-refractivity contribution in [2.45, 2.75) is 50.6 Å². The third-order valence-electron chi connectivity index (χ3n) is 4.14. The van der Waals surface area contributed by atoms with Crippen LogP contribution in [0.1, 0.15) is 35.7 Å². The third kappa shape index (κ3) is 5.20. The van der Waals surface area contributed by atoms with Crippen LogP contribution in [0.3, 0.4) is 0 Å². The van der Waals surface area contributed by atoms with Crippen LogP contribution in [0.4, 0.5) is 0 Å². The Hall–Kier alpha value is -2.13. The van der Waals surface area contributed by atoms with Gasteiger partial charge in [-0.15, -0.1) is 0 Å². The molecule has 1 aliphatic heterocycles. The minimum absolute atomic E-state index is 0.00804. The van der Waals surface area contributed by atoms with Crippen LogP contribution in [0, 0.1) is 0 Å². The van der Waals surface area contributed by atoms with Gasteiger partial charge in [-0.1, -0.05) is 23.8 Å². The molecule has 5 N–H and O–H groups in total. The van der Waals surface area contributed by atoms with E-state index in [1.807, 2.05) is 0 Å². The molecule has 0 fully saturated rings. The molecule has 0 aromatic heterocycles. The number of halogens is 1. The highest BCUT2D eigenvalue weighted by Crippen LogP contribution is 2.37. The predicted molar refractivity (Wildman–Crippen MR) is 94.8 cm³/mol. The Balaban J connectivity index is 2.49. The fourth-order valence-electron chi connectivity index (χ4n) is 2.78. The first-order chi connectivity index (χ1) is 12.6. The average Bonchev–Trinajstić information content (AvgIpc) is 2.56. The Labute approximate surface area is 160 Å². The van der Waals surface area contributed by atoms with E-state index in [0.717, 1.165) is 12.1 Å². The van der Waals surface area contributed by atoms with Gasteiger partial charge in [-0.3, -0.25) is 4.79 Å². The van der Waals surface area contributed by atoms with E-state index in [-0.39, 0.29) is 22.6 Å². The van der Waals surface area contributed by atoms with E-state index >= 15 is 0 Å². The van der Waals surface area contributed by atoms with Crippen molar-refractivity contribution in [3.05, 3.63) is 34.4 Å². The van der Waals surface area contributed by atoms with Gasteiger partial charge in [0.2, 0.25) is 0 Å². The molecular formula is C18H21ClO8. The molecular weight excluding hydrogens is 380 g/mol. The van der Waals surface area contributed by atoms with Crippen molar-refractivity contribution in [3.63, 3.8) is 0 Å². The smallest absolute Gasteiger partial charge is 0.342 e. The van der Waals surface area contributed by atoms with Crippen LogP contribution in [-0.2, 0) is 16.0 Å². The summed E-state index contributed by atoms with van der Waals surface area (Å²) in [5, 5.41) is 49.3. The Morgan fingerprint density at radius 3 is 2.44 bits per heavy atom. The number of phenols is 2. The lowest BCUT2D eigenvalue weighted by Crippen LogP contribution is -2.29. The fourth-order valence-corrected chi connectivity index (χ4v) is 3.00. The van der Waals surface area contributed by atoms with E-state index in [9.17, 15) is 35.1 Å². The molecule has 0 saturated heterocycles. The van der Waals surface area contributed by atoms with Crippen molar-refractivity contribution in [3.8, 4) is 11.5 Å². The Kier molecular flexibility index (Phi) is 6.83. The number of phenolic OH excluding ortho intramolecular Hbond substituents is 2. The number of benzene rings is 1. The highest BCUT2D eigenvalue weighted by Gasteiger charge is 2.28. The normalized spacial score (nSPS) is 27.6. The monoisotopic (exact) mass is 400 g/mol. The first-order valence-corrected chi connectivity index (χ1v) is 8.66. The lowest BCUT2D eigenvalue weighted by molar-refractivity contribution is -0.121. The van der Waals surface area contributed by atoms with Crippen molar-refractivity contribution in [2.24, 2.45) is 0 Å². The summed E-state index contributed by atoms with van der Waals surface area (Å²) >= 11 is 6.01. The van der Waals surface area contributed by atoms with Gasteiger partial charge in [0.1, 0.15) is 28.9 Å². The van der Waals surface area contributed by atoms with Gasteiger partial charge in [-0.25, -0.2) is 4.79 Å². The summed E-state index contributed by atoms with van der Waals surface area (Å²) in [6, 6.07) is 0.858. The van der Waals surface area contributed by atoms with E-state index in [1.165, 1.54) is 13.0 Å². The van der Waals surface area contributed by atoms with Crippen molar-refractivity contribution < 1.29 is 39.9 Å². The molecule has 0 amide bonds. The number of aromatic hydroxyl groups is 2. The fraction of sp³-hybridized carbons (Fsp3) is 0.444. The van der Waals surface area contributed by atoms with E-state index in [1.54, 1.807) is 0 Å². The van der Waals surface area contributed by atoms with Gasteiger partial charge in [0.05, 0.1) is 23.3 Å². The summed E-state index contributed by atoms with van der Waals surface area (Å²) in [5.41, 5.74) is -0.527. The number of hydrogen-bond acceptors (Lipinski definition) is 8. The van der Waals surface area contributed by atoms with E-state index in [4.69, 9.17) is 16.3 Å². The molecule has 0 spiro atoms. The first-order valence-electron chi connectivity index (χ1n) is 8.28. The molecule has 1 aliphatic rings. The number of aliphatic hydroxyl groups is 3. The maximum Gasteiger partial charge on any atom is 0.342 e. The molecule has 2 rings (SSSR count). The summed E-state index contributed by atoms with van der Waals surface area (Å²) in [4.78, 5) is 24.7. The number of fused-ring (bicyclic) bond motifs is 1. The van der Waals surface area contributed by atoms with Gasteiger partial charge < -0.3 is 30.3 Å². The molecule has 1 aromatic carbocycles. The topological polar surface area (TPSA) is 145 Å². The van der Waals surface area contributed by atoms with Crippen molar-refractivity contribution in [2.75, 3.05) is 0 Å². The van der Waals surface area contributed by atoms with E-state index < -0.39 is 60.5 Å². The quantitative estimate of drug-likeness (QED) is 0.318. The first kappa shape index (κ1) is 21.2. The van der Waals surface area contributed by atoms with Crippen molar-refractivity contribution in [1.29, 1.82) is 0 Å². The zero-order valence-corrected chi connectivity index (χ0v) is 15.3. The van der Waals surface area contributed by atoms with Gasteiger partial charge in [0.15, 0.2) is 0 Å². The number of rotatable bonds is 0. The second-order valence-corrected chi connectivity index (χ2v) is 6.84. The van der Waals surface area contributed by atoms with Gasteiger partial charge in [-0.05, 0) is 6.92 Å². The number of aliphatic hydroxyl groups excluding tert-OH is 3. The Morgan fingerprint density at radius 1 is 1.11 bits per heavy atom. The maximum atomic E-state index is 12.5. The van der Waals surface area contributed by atoms with Crippen molar-refractivity contribution >= 4 is 23.4 Å². The van der Waals surface area contributed by atoms with Gasteiger partial charge >= 0.3 is 5.97 Å². The molecule has 9 heteroatoms. The third-order valence-corrected chi connectivity index (χ3v) is 4.56. The SMILES string of the molecule is C[C@@H]1C[C@H](O)C=C[C@H](O)[C@H](O)CC(=O)Cc2c(Cl)c(O)cc(O)c2C(=O)O1. The van der Waals surface area contributed by atoms with Gasteiger partial charge in [-0.2, -0.15) is 0 Å². The number of ether oxygens (including phenoxy) is 1. The predicted octanol–water partition coefficient (Wildman–Crippen LogP) is 0.841. The van der Waals surface area contributed by atoms with Crippen LogP contribution >= 0.6 is 11.6 Å².